The number of aliphatic imine (C=N–C) groups is 1. The molecule has 8 heteroatoms. The lowest BCUT2D eigenvalue weighted by Crippen LogP contribution is -2.40. The summed E-state index contributed by atoms with van der Waals surface area (Å²) < 4.78 is 28.2. The summed E-state index contributed by atoms with van der Waals surface area (Å²) in [7, 11) is 0. The molecular weight excluding hydrogens is 452 g/mol. The summed E-state index contributed by atoms with van der Waals surface area (Å²) >= 11 is 0. The van der Waals surface area contributed by atoms with Gasteiger partial charge in [-0.3, -0.25) is 14.8 Å². The maximum atomic E-state index is 15.0. The van der Waals surface area contributed by atoms with Crippen LogP contribution in [0.25, 0.3) is 5.57 Å². The number of nitrogens with one attached hydrogen (secondary N) is 1. The zero-order chi connectivity index (χ0) is 24.8. The van der Waals surface area contributed by atoms with Gasteiger partial charge in [0.05, 0.1) is 30.5 Å². The molecule has 0 aliphatic carbocycles. The van der Waals surface area contributed by atoms with Crippen LogP contribution in [-0.2, 0) is 6.42 Å². The molecule has 35 heavy (non-hydrogen) atoms. The largest absolute Gasteiger partial charge is 0.394 e. The third kappa shape index (κ3) is 6.03. The summed E-state index contributed by atoms with van der Waals surface area (Å²) in [6.07, 6.45) is 2.72. The Morgan fingerprint density at radius 2 is 1.86 bits per heavy atom. The number of hydrogen-bond donors (Lipinski definition) is 3. The highest BCUT2D eigenvalue weighted by Crippen LogP contribution is 2.25. The van der Waals surface area contributed by atoms with E-state index in [-0.39, 0.29) is 29.9 Å². The molecule has 0 saturated heterocycles. The van der Waals surface area contributed by atoms with Crippen molar-refractivity contribution in [2.75, 3.05) is 13.2 Å². The molecular formula is C27H25F2N3O3. The average molecular weight is 478 g/mol. The van der Waals surface area contributed by atoms with Crippen molar-refractivity contribution < 1.29 is 23.8 Å². The average Bonchev–Trinajstić information content (AvgIpc) is 3.34. The number of halogens is 2. The van der Waals surface area contributed by atoms with Crippen molar-refractivity contribution in [1.82, 2.24) is 10.3 Å². The summed E-state index contributed by atoms with van der Waals surface area (Å²) in [5.74, 6) is -1.48. The minimum absolute atomic E-state index is 0.0707. The van der Waals surface area contributed by atoms with Crippen LogP contribution in [0.2, 0.25) is 0 Å². The Hall–Kier alpha value is -3.75. The Morgan fingerprint density at radius 1 is 1.06 bits per heavy atom. The van der Waals surface area contributed by atoms with Gasteiger partial charge in [0.1, 0.15) is 11.6 Å². The van der Waals surface area contributed by atoms with Gasteiger partial charge in [-0.05, 0) is 60.0 Å². The molecule has 4 rings (SSSR count). The second-order valence-corrected chi connectivity index (χ2v) is 8.31. The van der Waals surface area contributed by atoms with Crippen LogP contribution in [0, 0.1) is 11.6 Å². The first kappa shape index (κ1) is 24.4. The van der Waals surface area contributed by atoms with E-state index in [4.69, 9.17) is 0 Å². The first-order chi connectivity index (χ1) is 16.9. The van der Waals surface area contributed by atoms with Crippen molar-refractivity contribution in [1.29, 1.82) is 0 Å². The van der Waals surface area contributed by atoms with Gasteiger partial charge in [-0.1, -0.05) is 24.3 Å². The molecule has 2 aromatic carbocycles. The molecule has 180 valence electrons. The normalized spacial score (nSPS) is 14.7. The molecule has 0 unspecified atom stereocenters. The molecule has 1 aliphatic rings. The number of nitrogens with zero attached hydrogens (tertiary/aromatic N) is 2. The first-order valence-corrected chi connectivity index (χ1v) is 11.2. The fraction of sp³-hybridized carbons (Fsp3) is 0.222. The molecule has 0 radical (unpaired) electrons. The Morgan fingerprint density at radius 3 is 2.57 bits per heavy atom. The third-order valence-electron chi connectivity index (χ3n) is 5.74. The standard InChI is InChI=1S/C27H25F2N3O3/c28-19-9-7-17(8-10-19)18-12-25(31-15-18)26-23(5-3-6-24(26)29)27(35)32-21(14-22(34)16-33)13-20-4-1-2-11-30-20/h1-12,21-22,33-34H,13-16H2,(H,32,35)/t21-,22+/m1/s1. The van der Waals surface area contributed by atoms with E-state index in [1.165, 1.54) is 30.3 Å². The van der Waals surface area contributed by atoms with E-state index >= 15 is 0 Å². The van der Waals surface area contributed by atoms with Gasteiger partial charge in [0, 0.05) is 29.9 Å². The topological polar surface area (TPSA) is 94.8 Å². The number of pyridine rings is 1. The number of rotatable bonds is 9. The Bertz CT molecular complexity index is 1240. The van der Waals surface area contributed by atoms with Crippen molar-refractivity contribution in [2.24, 2.45) is 4.99 Å². The Balaban J connectivity index is 1.59. The zero-order valence-electron chi connectivity index (χ0n) is 18.9. The number of carbonyl (C=O) groups excluding carboxylic acids is 1. The monoisotopic (exact) mass is 477 g/mol. The van der Waals surface area contributed by atoms with Gasteiger partial charge in [0.15, 0.2) is 0 Å². The van der Waals surface area contributed by atoms with Crippen LogP contribution < -0.4 is 5.32 Å². The molecule has 0 spiro atoms. The quantitative estimate of drug-likeness (QED) is 0.441. The van der Waals surface area contributed by atoms with E-state index in [2.05, 4.69) is 15.3 Å². The lowest BCUT2D eigenvalue weighted by molar-refractivity contribution is 0.0739. The first-order valence-electron chi connectivity index (χ1n) is 11.2. The number of amides is 1. The van der Waals surface area contributed by atoms with Crippen molar-refractivity contribution in [3.8, 4) is 0 Å². The van der Waals surface area contributed by atoms with E-state index in [1.54, 1.807) is 36.5 Å². The minimum Gasteiger partial charge on any atom is -0.394 e. The molecule has 0 bridgehead atoms. The number of allylic oxidation sites excluding steroid dienone is 1. The predicted octanol–water partition coefficient (Wildman–Crippen LogP) is 3.33. The van der Waals surface area contributed by atoms with Crippen LogP contribution in [0.1, 0.15) is 33.6 Å². The third-order valence-corrected chi connectivity index (χ3v) is 5.74. The molecule has 1 amide bonds. The van der Waals surface area contributed by atoms with Crippen molar-refractivity contribution in [2.45, 2.75) is 25.0 Å². The van der Waals surface area contributed by atoms with Crippen LogP contribution in [0.15, 0.2) is 77.9 Å². The molecule has 3 N–H and O–H groups in total. The predicted molar refractivity (Wildman–Crippen MR) is 129 cm³/mol. The van der Waals surface area contributed by atoms with Crippen molar-refractivity contribution in [3.05, 3.63) is 107 Å². The number of hydrogen-bond acceptors (Lipinski definition) is 5. The molecule has 6 nitrogen and oxygen atoms in total. The fourth-order valence-electron chi connectivity index (χ4n) is 4.02. The Kier molecular flexibility index (Phi) is 7.74. The lowest BCUT2D eigenvalue weighted by atomic mass is 9.98. The maximum absolute atomic E-state index is 15.0. The second kappa shape index (κ2) is 11.1. The smallest absolute Gasteiger partial charge is 0.252 e. The van der Waals surface area contributed by atoms with E-state index in [9.17, 15) is 23.8 Å². The molecule has 0 saturated carbocycles. The molecule has 2 heterocycles. The number of aliphatic hydroxyl groups excluding tert-OH is 2. The van der Waals surface area contributed by atoms with Gasteiger partial charge < -0.3 is 15.5 Å². The molecule has 1 aromatic heterocycles. The van der Waals surface area contributed by atoms with Gasteiger partial charge in [-0.15, -0.1) is 0 Å². The maximum Gasteiger partial charge on any atom is 0.252 e. The van der Waals surface area contributed by atoms with Gasteiger partial charge >= 0.3 is 0 Å². The van der Waals surface area contributed by atoms with Crippen molar-refractivity contribution in [3.63, 3.8) is 0 Å². The van der Waals surface area contributed by atoms with E-state index < -0.39 is 30.5 Å². The Labute approximate surface area is 201 Å². The van der Waals surface area contributed by atoms with Crippen LogP contribution in [-0.4, -0.2) is 52.1 Å². The highest BCUT2D eigenvalue weighted by atomic mass is 19.1. The zero-order valence-corrected chi connectivity index (χ0v) is 18.9. The number of carbonyl (C=O) groups is 1. The van der Waals surface area contributed by atoms with Crippen LogP contribution in [0.3, 0.4) is 0 Å². The molecule has 0 fully saturated rings. The minimum atomic E-state index is -1.03. The number of aliphatic hydroxyl groups is 2. The summed E-state index contributed by atoms with van der Waals surface area (Å²) in [6, 6.07) is 15.0. The summed E-state index contributed by atoms with van der Waals surface area (Å²) in [4.78, 5) is 22.0. The van der Waals surface area contributed by atoms with Gasteiger partial charge in [-0.25, -0.2) is 8.78 Å². The van der Waals surface area contributed by atoms with Gasteiger partial charge in [-0.2, -0.15) is 0 Å². The number of benzene rings is 2. The van der Waals surface area contributed by atoms with E-state index in [0.717, 1.165) is 11.1 Å². The summed E-state index contributed by atoms with van der Waals surface area (Å²) in [5.41, 5.74) is 2.75. The fourth-order valence-corrected chi connectivity index (χ4v) is 4.02. The van der Waals surface area contributed by atoms with Gasteiger partial charge in [0.2, 0.25) is 0 Å². The molecule has 2 atom stereocenters. The van der Waals surface area contributed by atoms with Crippen LogP contribution >= 0.6 is 0 Å². The molecule has 1 aliphatic heterocycles. The van der Waals surface area contributed by atoms with Crippen molar-refractivity contribution >= 4 is 17.2 Å². The van der Waals surface area contributed by atoms with Crippen LogP contribution in [0.5, 0.6) is 0 Å². The summed E-state index contributed by atoms with van der Waals surface area (Å²) in [5, 5.41) is 22.1. The van der Waals surface area contributed by atoms with Crippen LogP contribution in [0.4, 0.5) is 8.78 Å². The molecule has 3 aromatic rings. The second-order valence-electron chi connectivity index (χ2n) is 8.31. The highest BCUT2D eigenvalue weighted by molar-refractivity contribution is 6.19. The van der Waals surface area contributed by atoms with E-state index in [1.807, 2.05) is 6.07 Å². The summed E-state index contributed by atoms with van der Waals surface area (Å²) in [6.45, 7) is -0.172. The van der Waals surface area contributed by atoms with Gasteiger partial charge in [0.25, 0.3) is 5.91 Å². The van der Waals surface area contributed by atoms with E-state index in [0.29, 0.717) is 17.8 Å². The highest BCUT2D eigenvalue weighted by Gasteiger charge is 2.24. The lowest BCUT2D eigenvalue weighted by Gasteiger charge is -2.21. The SMILES string of the molecule is O=C(N[C@H](Cc1ccccn1)C[C@H](O)CO)c1cccc(F)c1C1=NCC(c2ccc(F)cc2)=C1. The number of aromatic nitrogens is 1.